The van der Waals surface area contributed by atoms with Crippen LogP contribution in [0.25, 0.3) is 0 Å². The van der Waals surface area contributed by atoms with E-state index in [9.17, 15) is 10.2 Å². The number of hydrogen-bond acceptors (Lipinski definition) is 3. The summed E-state index contributed by atoms with van der Waals surface area (Å²) >= 11 is 0. The minimum absolute atomic E-state index is 0.0713. The molecule has 0 bridgehead atoms. The van der Waals surface area contributed by atoms with Gasteiger partial charge in [0.25, 0.3) is 0 Å². The molecular formula is C21H33NO2. The van der Waals surface area contributed by atoms with Gasteiger partial charge in [0.05, 0.1) is 6.10 Å². The molecule has 0 aromatic heterocycles. The Morgan fingerprint density at radius 1 is 0.833 bits per heavy atom. The summed E-state index contributed by atoms with van der Waals surface area (Å²) in [6.07, 6.45) is 12.7. The second-order valence-corrected chi connectivity index (χ2v) is 7.72. The average Bonchev–Trinajstić information content (AvgIpc) is 2.60. The van der Waals surface area contributed by atoms with Gasteiger partial charge in [-0.05, 0) is 37.4 Å². The largest absolute Gasteiger partial charge is 0.508 e. The molecule has 1 aromatic rings. The molecule has 0 radical (unpaired) electrons. The maximum atomic E-state index is 10.7. The van der Waals surface area contributed by atoms with Crippen LogP contribution >= 0.6 is 0 Å². The van der Waals surface area contributed by atoms with Crippen molar-refractivity contribution in [3.63, 3.8) is 0 Å². The molecule has 1 aromatic carbocycles. The number of piperidine rings is 1. The first-order valence-electron chi connectivity index (χ1n) is 9.95. The van der Waals surface area contributed by atoms with Crippen molar-refractivity contribution in [2.75, 3.05) is 13.1 Å². The van der Waals surface area contributed by atoms with Crippen molar-refractivity contribution < 1.29 is 10.2 Å². The average molecular weight is 332 g/mol. The lowest BCUT2D eigenvalue weighted by Gasteiger charge is -2.41. The van der Waals surface area contributed by atoms with Gasteiger partial charge in [0.15, 0.2) is 0 Å². The zero-order chi connectivity index (χ0) is 16.8. The molecule has 1 heterocycles. The zero-order valence-electron chi connectivity index (χ0n) is 14.9. The number of aliphatic hydroxyl groups is 1. The fourth-order valence-electron chi connectivity index (χ4n) is 4.60. The maximum Gasteiger partial charge on any atom is 0.119 e. The van der Waals surface area contributed by atoms with Crippen LogP contribution in [0.2, 0.25) is 0 Å². The van der Waals surface area contributed by atoms with Crippen molar-refractivity contribution in [2.45, 2.75) is 82.3 Å². The summed E-state index contributed by atoms with van der Waals surface area (Å²) in [4.78, 5) is 2.53. The Labute approximate surface area is 146 Å². The Morgan fingerprint density at radius 2 is 1.46 bits per heavy atom. The minimum Gasteiger partial charge on any atom is -0.508 e. The van der Waals surface area contributed by atoms with Crippen LogP contribution in [0, 0.1) is 0 Å². The molecule has 1 saturated carbocycles. The molecule has 2 atom stereocenters. The molecule has 1 saturated heterocycles. The zero-order valence-corrected chi connectivity index (χ0v) is 14.9. The van der Waals surface area contributed by atoms with Gasteiger partial charge in [0.2, 0.25) is 0 Å². The highest BCUT2D eigenvalue weighted by atomic mass is 16.3. The van der Waals surface area contributed by atoms with E-state index in [0.717, 1.165) is 25.1 Å². The van der Waals surface area contributed by atoms with Crippen LogP contribution < -0.4 is 0 Å². The van der Waals surface area contributed by atoms with E-state index in [1.165, 1.54) is 57.8 Å². The molecule has 2 unspecified atom stereocenters. The van der Waals surface area contributed by atoms with Crippen LogP contribution in [-0.4, -0.2) is 40.3 Å². The Bertz CT molecular complexity index is 494. The number of benzene rings is 1. The molecule has 1 aliphatic carbocycles. The van der Waals surface area contributed by atoms with E-state index in [-0.39, 0.29) is 12.0 Å². The quantitative estimate of drug-likeness (QED) is 0.842. The number of phenols is 1. The van der Waals surface area contributed by atoms with Crippen molar-refractivity contribution in [3.05, 3.63) is 29.8 Å². The lowest BCUT2D eigenvalue weighted by Crippen LogP contribution is -2.47. The third kappa shape index (κ3) is 4.52. The maximum absolute atomic E-state index is 10.7. The molecule has 0 spiro atoms. The number of nitrogens with zero attached hydrogens (tertiary/aromatic N) is 1. The van der Waals surface area contributed by atoms with E-state index in [1.54, 1.807) is 6.07 Å². The van der Waals surface area contributed by atoms with Gasteiger partial charge >= 0.3 is 0 Å². The molecule has 24 heavy (non-hydrogen) atoms. The van der Waals surface area contributed by atoms with Crippen molar-refractivity contribution in [1.82, 2.24) is 4.90 Å². The van der Waals surface area contributed by atoms with E-state index in [2.05, 4.69) is 4.90 Å². The number of hydrogen-bond donors (Lipinski definition) is 2. The smallest absolute Gasteiger partial charge is 0.119 e. The number of aliphatic hydroxyl groups excluding tert-OH is 1. The first-order chi connectivity index (χ1) is 11.8. The van der Waals surface area contributed by atoms with Gasteiger partial charge in [-0.15, -0.1) is 0 Å². The van der Waals surface area contributed by atoms with Crippen LogP contribution in [0.3, 0.4) is 0 Å². The number of aromatic hydroxyl groups is 1. The van der Waals surface area contributed by atoms with E-state index in [1.807, 2.05) is 18.2 Å². The number of para-hydroxylation sites is 1. The fraction of sp³-hybridized carbons (Fsp3) is 0.714. The Hall–Kier alpha value is -1.06. The molecule has 3 rings (SSSR count). The summed E-state index contributed by atoms with van der Waals surface area (Å²) in [6, 6.07) is 8.14. The fourth-order valence-corrected chi connectivity index (χ4v) is 4.60. The van der Waals surface area contributed by atoms with Gasteiger partial charge in [-0.1, -0.05) is 63.1 Å². The standard InChI is InChI=1S/C21H33NO2/c23-20-13-9-8-12-18(20)19-14-15-22(16-21(19)24)17-10-6-4-2-1-3-5-7-11-17/h8-9,12-13,17,19,21,23-24H,1-7,10-11,14-16H2. The highest BCUT2D eigenvalue weighted by Crippen LogP contribution is 2.35. The molecule has 0 amide bonds. The molecule has 134 valence electrons. The third-order valence-corrected chi connectivity index (χ3v) is 6.04. The number of phenolic OH excluding ortho intramolecular Hbond substituents is 1. The molecule has 3 nitrogen and oxygen atoms in total. The van der Waals surface area contributed by atoms with Crippen LogP contribution in [0.4, 0.5) is 0 Å². The number of rotatable bonds is 2. The first-order valence-corrected chi connectivity index (χ1v) is 9.95. The topological polar surface area (TPSA) is 43.7 Å². The SMILES string of the molecule is Oc1ccccc1C1CCN(C2CCCCCCCCC2)CC1O. The van der Waals surface area contributed by atoms with Gasteiger partial charge in [-0.2, -0.15) is 0 Å². The summed E-state index contributed by atoms with van der Waals surface area (Å²) in [5, 5.41) is 20.8. The summed E-state index contributed by atoms with van der Waals surface area (Å²) in [5.41, 5.74) is 0.913. The van der Waals surface area contributed by atoms with E-state index in [0.29, 0.717) is 11.8 Å². The third-order valence-electron chi connectivity index (χ3n) is 6.04. The minimum atomic E-state index is -0.373. The molecular weight excluding hydrogens is 298 g/mol. The van der Waals surface area contributed by atoms with Gasteiger partial charge < -0.3 is 10.2 Å². The second-order valence-electron chi connectivity index (χ2n) is 7.72. The molecule has 2 aliphatic rings. The van der Waals surface area contributed by atoms with Crippen LogP contribution in [0.1, 0.15) is 75.7 Å². The monoisotopic (exact) mass is 331 g/mol. The van der Waals surface area contributed by atoms with Gasteiger partial charge in [0.1, 0.15) is 5.75 Å². The Balaban J connectivity index is 1.60. The van der Waals surface area contributed by atoms with Crippen LogP contribution in [0.15, 0.2) is 24.3 Å². The lowest BCUT2D eigenvalue weighted by molar-refractivity contribution is 0.0235. The van der Waals surface area contributed by atoms with Crippen molar-refractivity contribution >= 4 is 0 Å². The molecule has 3 heteroatoms. The highest BCUT2D eigenvalue weighted by Gasteiger charge is 2.33. The van der Waals surface area contributed by atoms with Crippen LogP contribution in [-0.2, 0) is 0 Å². The number of β-amino-alcohol motifs (C(OH)–C–C–N with tert-alkyl or cyclic N) is 1. The van der Waals surface area contributed by atoms with Crippen molar-refractivity contribution in [1.29, 1.82) is 0 Å². The van der Waals surface area contributed by atoms with E-state index in [4.69, 9.17) is 0 Å². The second kappa shape index (κ2) is 8.87. The molecule has 2 fully saturated rings. The molecule has 2 N–H and O–H groups in total. The van der Waals surface area contributed by atoms with Crippen molar-refractivity contribution in [2.24, 2.45) is 0 Å². The Kier molecular flexibility index (Phi) is 6.56. The summed E-state index contributed by atoms with van der Waals surface area (Å²) in [6.45, 7) is 1.80. The number of likely N-dealkylation sites (tertiary alicyclic amines) is 1. The van der Waals surface area contributed by atoms with Crippen molar-refractivity contribution in [3.8, 4) is 5.75 Å². The highest BCUT2D eigenvalue weighted by molar-refractivity contribution is 5.36. The first kappa shape index (κ1) is 17.8. The van der Waals surface area contributed by atoms with Gasteiger partial charge in [0, 0.05) is 18.5 Å². The molecule has 1 aliphatic heterocycles. The lowest BCUT2D eigenvalue weighted by atomic mass is 9.85. The Morgan fingerprint density at radius 3 is 2.08 bits per heavy atom. The predicted molar refractivity (Wildman–Crippen MR) is 98.4 cm³/mol. The van der Waals surface area contributed by atoms with Gasteiger partial charge in [-0.25, -0.2) is 0 Å². The van der Waals surface area contributed by atoms with Crippen LogP contribution in [0.5, 0.6) is 5.75 Å². The summed E-state index contributed by atoms with van der Waals surface area (Å²) in [5.74, 6) is 0.399. The van der Waals surface area contributed by atoms with E-state index < -0.39 is 0 Å². The predicted octanol–water partition coefficient (Wildman–Crippen LogP) is 4.44. The summed E-state index contributed by atoms with van der Waals surface area (Å²) in [7, 11) is 0. The summed E-state index contributed by atoms with van der Waals surface area (Å²) < 4.78 is 0. The van der Waals surface area contributed by atoms with Gasteiger partial charge in [-0.3, -0.25) is 4.90 Å². The van der Waals surface area contributed by atoms with E-state index >= 15 is 0 Å². The normalized spacial score (nSPS) is 28.5.